The Bertz CT molecular complexity index is 195. The highest BCUT2D eigenvalue weighted by Crippen LogP contribution is 2.45. The SMILES string of the molecule is CCCCC(CC)(CC)OP(=O)(O)O. The minimum absolute atomic E-state index is 0.634. The quantitative estimate of drug-likeness (QED) is 0.652. The standard InChI is InChI=1S/C9H21O4P/c1-4-7-8-9(5-2,6-3)13-14(10,11)12/h4-8H2,1-3H3,(H2,10,11,12). The number of unbranched alkanes of at least 4 members (excludes halogenated alkanes) is 1. The third-order valence-electron chi connectivity index (χ3n) is 2.59. The van der Waals surface area contributed by atoms with Crippen molar-refractivity contribution in [1.29, 1.82) is 0 Å². The molecule has 0 aromatic heterocycles. The maximum atomic E-state index is 10.8. The molecule has 0 unspecified atom stereocenters. The molecule has 0 saturated heterocycles. The summed E-state index contributed by atoms with van der Waals surface area (Å²) in [7, 11) is -4.36. The van der Waals surface area contributed by atoms with Crippen molar-refractivity contribution in [3.63, 3.8) is 0 Å². The predicted octanol–water partition coefficient (Wildman–Crippen LogP) is 2.84. The second kappa shape index (κ2) is 5.86. The van der Waals surface area contributed by atoms with Gasteiger partial charge in [-0.05, 0) is 19.3 Å². The Hall–Kier alpha value is 0.110. The molecule has 0 bridgehead atoms. The molecule has 0 heterocycles. The van der Waals surface area contributed by atoms with Crippen LogP contribution >= 0.6 is 7.82 Å². The van der Waals surface area contributed by atoms with Crippen molar-refractivity contribution in [2.75, 3.05) is 0 Å². The molecule has 0 saturated carbocycles. The van der Waals surface area contributed by atoms with Crippen LogP contribution in [-0.2, 0) is 9.09 Å². The maximum absolute atomic E-state index is 10.8. The summed E-state index contributed by atoms with van der Waals surface area (Å²) >= 11 is 0. The fourth-order valence-electron chi connectivity index (χ4n) is 1.53. The van der Waals surface area contributed by atoms with Crippen molar-refractivity contribution >= 4 is 7.82 Å². The molecule has 0 aromatic rings. The van der Waals surface area contributed by atoms with Crippen LogP contribution in [0.2, 0.25) is 0 Å². The maximum Gasteiger partial charge on any atom is 0.470 e. The summed E-state index contributed by atoms with van der Waals surface area (Å²) < 4.78 is 15.7. The van der Waals surface area contributed by atoms with Gasteiger partial charge in [-0.25, -0.2) is 4.57 Å². The first kappa shape index (κ1) is 14.1. The van der Waals surface area contributed by atoms with Crippen LogP contribution in [0.25, 0.3) is 0 Å². The number of phosphoric acid groups is 1. The highest BCUT2D eigenvalue weighted by Gasteiger charge is 2.34. The summed E-state index contributed by atoms with van der Waals surface area (Å²) in [5, 5.41) is 0. The van der Waals surface area contributed by atoms with Crippen molar-refractivity contribution in [2.24, 2.45) is 0 Å². The largest absolute Gasteiger partial charge is 0.470 e. The van der Waals surface area contributed by atoms with Gasteiger partial charge in [-0.15, -0.1) is 0 Å². The van der Waals surface area contributed by atoms with Crippen LogP contribution in [0.5, 0.6) is 0 Å². The highest BCUT2D eigenvalue weighted by molar-refractivity contribution is 7.46. The summed E-state index contributed by atoms with van der Waals surface area (Å²) in [4.78, 5) is 17.6. The molecule has 14 heavy (non-hydrogen) atoms. The molecule has 0 fully saturated rings. The Kier molecular flexibility index (Phi) is 5.91. The fraction of sp³-hybridized carbons (Fsp3) is 1.00. The average Bonchev–Trinajstić information content (AvgIpc) is 2.10. The number of phosphoric ester groups is 1. The lowest BCUT2D eigenvalue weighted by Gasteiger charge is -2.31. The van der Waals surface area contributed by atoms with Gasteiger partial charge >= 0.3 is 7.82 Å². The van der Waals surface area contributed by atoms with E-state index >= 15 is 0 Å². The molecule has 0 amide bonds. The molecule has 0 atom stereocenters. The minimum atomic E-state index is -4.36. The van der Waals surface area contributed by atoms with Gasteiger partial charge in [0.25, 0.3) is 0 Å². The topological polar surface area (TPSA) is 66.8 Å². The van der Waals surface area contributed by atoms with Crippen molar-refractivity contribution in [1.82, 2.24) is 0 Å². The molecule has 5 heteroatoms. The number of hydrogen-bond acceptors (Lipinski definition) is 2. The Morgan fingerprint density at radius 2 is 1.71 bits per heavy atom. The normalized spacial score (nSPS) is 13.2. The smallest absolute Gasteiger partial charge is 0.303 e. The van der Waals surface area contributed by atoms with E-state index in [2.05, 4.69) is 0 Å². The lowest BCUT2D eigenvalue weighted by molar-refractivity contribution is 0.0177. The highest BCUT2D eigenvalue weighted by atomic mass is 31.2. The van der Waals surface area contributed by atoms with Crippen LogP contribution in [0.15, 0.2) is 0 Å². The first-order chi connectivity index (χ1) is 6.39. The molecular formula is C9H21O4P. The monoisotopic (exact) mass is 224 g/mol. The Labute approximate surface area is 85.9 Å². The molecular weight excluding hydrogens is 203 g/mol. The van der Waals surface area contributed by atoms with Gasteiger partial charge in [-0.3, -0.25) is 4.52 Å². The van der Waals surface area contributed by atoms with Gasteiger partial charge < -0.3 is 9.79 Å². The molecule has 0 radical (unpaired) electrons. The molecule has 0 aliphatic rings. The molecule has 0 spiro atoms. The van der Waals surface area contributed by atoms with Gasteiger partial charge in [0.1, 0.15) is 0 Å². The average molecular weight is 224 g/mol. The zero-order valence-electron chi connectivity index (χ0n) is 9.19. The number of hydrogen-bond donors (Lipinski definition) is 2. The van der Waals surface area contributed by atoms with E-state index in [1.54, 1.807) is 0 Å². The molecule has 0 aromatic carbocycles. The van der Waals surface area contributed by atoms with Gasteiger partial charge in [-0.1, -0.05) is 33.6 Å². The second-order valence-corrected chi connectivity index (χ2v) is 4.74. The van der Waals surface area contributed by atoms with Crippen molar-refractivity contribution < 1.29 is 18.9 Å². The zero-order valence-corrected chi connectivity index (χ0v) is 10.1. The first-order valence-corrected chi connectivity index (χ1v) is 6.68. The lowest BCUT2D eigenvalue weighted by Crippen LogP contribution is -2.29. The summed E-state index contributed by atoms with van der Waals surface area (Å²) in [6.45, 7) is 5.84. The van der Waals surface area contributed by atoms with E-state index < -0.39 is 13.4 Å². The molecule has 2 N–H and O–H groups in total. The lowest BCUT2D eigenvalue weighted by atomic mass is 9.91. The van der Waals surface area contributed by atoms with Crippen LogP contribution < -0.4 is 0 Å². The predicted molar refractivity (Wildman–Crippen MR) is 56.0 cm³/mol. The molecule has 0 rings (SSSR count). The molecule has 86 valence electrons. The fourth-order valence-corrected chi connectivity index (χ4v) is 2.38. The molecule has 0 aliphatic carbocycles. The van der Waals surface area contributed by atoms with E-state index in [1.807, 2.05) is 20.8 Å². The zero-order chi connectivity index (χ0) is 11.2. The van der Waals surface area contributed by atoms with Gasteiger partial charge in [-0.2, -0.15) is 0 Å². The van der Waals surface area contributed by atoms with E-state index in [4.69, 9.17) is 14.3 Å². The second-order valence-electron chi connectivity index (χ2n) is 3.58. The summed E-state index contributed by atoms with van der Waals surface area (Å²) in [5.41, 5.74) is -0.644. The number of rotatable bonds is 7. The van der Waals surface area contributed by atoms with Crippen LogP contribution in [0.4, 0.5) is 0 Å². The van der Waals surface area contributed by atoms with Crippen molar-refractivity contribution in [3.8, 4) is 0 Å². The van der Waals surface area contributed by atoms with E-state index in [9.17, 15) is 4.57 Å². The Morgan fingerprint density at radius 1 is 1.21 bits per heavy atom. The first-order valence-electron chi connectivity index (χ1n) is 5.15. The minimum Gasteiger partial charge on any atom is -0.303 e. The molecule has 4 nitrogen and oxygen atoms in total. The van der Waals surface area contributed by atoms with Gasteiger partial charge in [0.2, 0.25) is 0 Å². The van der Waals surface area contributed by atoms with E-state index in [1.165, 1.54) is 0 Å². The van der Waals surface area contributed by atoms with E-state index in [0.717, 1.165) is 12.8 Å². The van der Waals surface area contributed by atoms with E-state index in [-0.39, 0.29) is 0 Å². The third-order valence-corrected chi connectivity index (χ3v) is 3.21. The van der Waals surface area contributed by atoms with Crippen molar-refractivity contribution in [3.05, 3.63) is 0 Å². The van der Waals surface area contributed by atoms with Gasteiger partial charge in [0.15, 0.2) is 0 Å². The van der Waals surface area contributed by atoms with Crippen LogP contribution in [0.3, 0.4) is 0 Å². The van der Waals surface area contributed by atoms with Crippen molar-refractivity contribution in [2.45, 2.75) is 58.5 Å². The van der Waals surface area contributed by atoms with Crippen LogP contribution in [-0.4, -0.2) is 15.4 Å². The summed E-state index contributed by atoms with van der Waals surface area (Å²) in [6.07, 6.45) is 3.92. The van der Waals surface area contributed by atoms with Gasteiger partial charge in [0, 0.05) is 0 Å². The molecule has 0 aliphatic heterocycles. The summed E-state index contributed by atoms with van der Waals surface area (Å²) in [5.74, 6) is 0. The Balaban J connectivity index is 4.44. The van der Waals surface area contributed by atoms with E-state index in [0.29, 0.717) is 19.3 Å². The van der Waals surface area contributed by atoms with Crippen LogP contribution in [0.1, 0.15) is 52.9 Å². The summed E-state index contributed by atoms with van der Waals surface area (Å²) in [6, 6.07) is 0. The Morgan fingerprint density at radius 3 is 2.00 bits per heavy atom. The third kappa shape index (κ3) is 5.11. The van der Waals surface area contributed by atoms with Crippen LogP contribution in [0, 0.1) is 0 Å². The van der Waals surface area contributed by atoms with Gasteiger partial charge in [0.05, 0.1) is 5.60 Å².